The number of anilines is 1. The summed E-state index contributed by atoms with van der Waals surface area (Å²) in [6.45, 7) is 4.77. The molecule has 1 aromatic carbocycles. The highest BCUT2D eigenvalue weighted by Gasteiger charge is 2.42. The second-order valence-corrected chi connectivity index (χ2v) is 7.65. The van der Waals surface area contributed by atoms with E-state index in [1.54, 1.807) is 25.1 Å². The first-order valence-electron chi connectivity index (χ1n) is 8.97. The number of likely N-dealkylation sites (tertiary alicyclic amines) is 1. The third-order valence-corrected chi connectivity index (χ3v) is 5.27. The molecule has 3 amide bonds. The normalized spacial score (nSPS) is 22.2. The minimum absolute atomic E-state index is 0.146. The summed E-state index contributed by atoms with van der Waals surface area (Å²) < 4.78 is 0. The van der Waals surface area contributed by atoms with Gasteiger partial charge in [-0.05, 0) is 56.7 Å². The zero-order valence-corrected chi connectivity index (χ0v) is 15.2. The van der Waals surface area contributed by atoms with Gasteiger partial charge in [-0.25, -0.2) is 4.79 Å². The van der Waals surface area contributed by atoms with Gasteiger partial charge in [0, 0.05) is 30.9 Å². The molecule has 1 aromatic rings. The van der Waals surface area contributed by atoms with Crippen molar-refractivity contribution in [3.63, 3.8) is 0 Å². The van der Waals surface area contributed by atoms with Crippen LogP contribution in [0.1, 0.15) is 42.1 Å². The molecule has 2 aliphatic rings. The van der Waals surface area contributed by atoms with Crippen LogP contribution >= 0.6 is 0 Å². The van der Waals surface area contributed by atoms with Crippen molar-refractivity contribution in [1.82, 2.24) is 10.2 Å². The highest BCUT2D eigenvalue weighted by molar-refractivity contribution is 5.97. The molecule has 7 heteroatoms. The molecule has 0 spiro atoms. The first-order chi connectivity index (χ1) is 12.3. The Labute approximate surface area is 152 Å². The molecule has 1 saturated carbocycles. The number of nitrogens with one attached hydrogen (secondary N) is 2. The third-order valence-electron chi connectivity index (χ3n) is 5.27. The molecule has 1 heterocycles. The number of hydrogen-bond donors (Lipinski definition) is 3. The molecule has 1 aliphatic carbocycles. The van der Waals surface area contributed by atoms with E-state index in [1.807, 2.05) is 6.92 Å². The standard InChI is InChI=1S/C19H25N3O4/c1-12-3-6-14(16(23)20-10-13-4-5-13)9-15(12)21-18(26)22-8-7-19(2,11-22)17(24)25/h3,6,9,13H,4-5,7-8,10-11H2,1-2H3,(H,20,23)(H,21,26)(H,24,25). The summed E-state index contributed by atoms with van der Waals surface area (Å²) in [6.07, 6.45) is 2.76. The summed E-state index contributed by atoms with van der Waals surface area (Å²) in [5.74, 6) is -0.437. The minimum atomic E-state index is -0.906. The Bertz CT molecular complexity index is 744. The molecule has 140 valence electrons. The van der Waals surface area contributed by atoms with Gasteiger partial charge in [-0.3, -0.25) is 9.59 Å². The van der Waals surface area contributed by atoms with Crippen LogP contribution in [0.15, 0.2) is 18.2 Å². The number of aliphatic carboxylic acids is 1. The van der Waals surface area contributed by atoms with Crippen molar-refractivity contribution in [2.24, 2.45) is 11.3 Å². The van der Waals surface area contributed by atoms with E-state index in [0.717, 1.165) is 5.56 Å². The van der Waals surface area contributed by atoms with Crippen molar-refractivity contribution in [2.75, 3.05) is 25.0 Å². The highest BCUT2D eigenvalue weighted by atomic mass is 16.4. The van der Waals surface area contributed by atoms with E-state index in [-0.39, 0.29) is 18.5 Å². The van der Waals surface area contributed by atoms with Gasteiger partial charge in [-0.1, -0.05) is 6.07 Å². The van der Waals surface area contributed by atoms with Gasteiger partial charge in [-0.15, -0.1) is 0 Å². The molecule has 0 bridgehead atoms. The maximum absolute atomic E-state index is 12.5. The van der Waals surface area contributed by atoms with Crippen molar-refractivity contribution in [1.29, 1.82) is 0 Å². The Morgan fingerprint density at radius 2 is 2.04 bits per heavy atom. The molecule has 1 aliphatic heterocycles. The number of carbonyl (C=O) groups excluding carboxylic acids is 2. The quantitative estimate of drug-likeness (QED) is 0.752. The van der Waals surface area contributed by atoms with Crippen LogP contribution in [0.25, 0.3) is 0 Å². The number of nitrogens with zero attached hydrogens (tertiary/aromatic N) is 1. The predicted octanol–water partition coefficient (Wildman–Crippen LogP) is 2.46. The predicted molar refractivity (Wildman–Crippen MR) is 97.2 cm³/mol. The van der Waals surface area contributed by atoms with Crippen LogP contribution < -0.4 is 10.6 Å². The number of carboxylic acids is 1. The lowest BCUT2D eigenvalue weighted by molar-refractivity contribution is -0.146. The average Bonchev–Trinajstić information content (AvgIpc) is 3.34. The first-order valence-corrected chi connectivity index (χ1v) is 8.97. The smallest absolute Gasteiger partial charge is 0.321 e. The van der Waals surface area contributed by atoms with E-state index >= 15 is 0 Å². The van der Waals surface area contributed by atoms with E-state index in [4.69, 9.17) is 0 Å². The molecular weight excluding hydrogens is 334 g/mol. The van der Waals surface area contributed by atoms with Crippen molar-refractivity contribution >= 4 is 23.6 Å². The average molecular weight is 359 g/mol. The van der Waals surface area contributed by atoms with Gasteiger partial charge in [0.15, 0.2) is 0 Å². The van der Waals surface area contributed by atoms with Gasteiger partial charge >= 0.3 is 12.0 Å². The number of carbonyl (C=O) groups is 3. The van der Waals surface area contributed by atoms with Gasteiger partial charge in [0.25, 0.3) is 5.91 Å². The fourth-order valence-corrected chi connectivity index (χ4v) is 3.06. The zero-order valence-electron chi connectivity index (χ0n) is 15.2. The summed E-state index contributed by atoms with van der Waals surface area (Å²) in [5.41, 5.74) is 1.01. The molecule has 1 atom stereocenters. The van der Waals surface area contributed by atoms with Gasteiger partial charge < -0.3 is 20.6 Å². The van der Waals surface area contributed by atoms with Crippen LogP contribution in [0.4, 0.5) is 10.5 Å². The fraction of sp³-hybridized carbons (Fsp3) is 0.526. The molecule has 0 aromatic heterocycles. The lowest BCUT2D eigenvalue weighted by Gasteiger charge is -2.21. The summed E-state index contributed by atoms with van der Waals surface area (Å²) in [5, 5.41) is 15.0. The summed E-state index contributed by atoms with van der Waals surface area (Å²) in [7, 11) is 0. The van der Waals surface area contributed by atoms with Crippen molar-refractivity contribution in [2.45, 2.75) is 33.1 Å². The van der Waals surface area contributed by atoms with Crippen molar-refractivity contribution in [3.05, 3.63) is 29.3 Å². The van der Waals surface area contributed by atoms with E-state index < -0.39 is 11.4 Å². The largest absolute Gasteiger partial charge is 0.481 e. The monoisotopic (exact) mass is 359 g/mol. The number of aryl methyl sites for hydroxylation is 1. The molecule has 7 nitrogen and oxygen atoms in total. The van der Waals surface area contributed by atoms with Crippen LogP contribution in [-0.4, -0.2) is 47.5 Å². The Kier molecular flexibility index (Phi) is 4.89. The Balaban J connectivity index is 1.65. The number of amides is 3. The van der Waals surface area contributed by atoms with Crippen LogP contribution in [0.2, 0.25) is 0 Å². The highest BCUT2D eigenvalue weighted by Crippen LogP contribution is 2.31. The topological polar surface area (TPSA) is 98.7 Å². The first kappa shape index (κ1) is 18.2. The van der Waals surface area contributed by atoms with Crippen LogP contribution in [0.3, 0.4) is 0 Å². The molecule has 2 fully saturated rings. The molecular formula is C19H25N3O4. The minimum Gasteiger partial charge on any atom is -0.481 e. The summed E-state index contributed by atoms with van der Waals surface area (Å²) in [6, 6.07) is 4.87. The molecule has 3 N–H and O–H groups in total. The summed E-state index contributed by atoms with van der Waals surface area (Å²) in [4.78, 5) is 37.6. The molecule has 3 rings (SSSR count). The maximum Gasteiger partial charge on any atom is 0.321 e. The van der Waals surface area contributed by atoms with E-state index in [9.17, 15) is 19.5 Å². The van der Waals surface area contributed by atoms with E-state index in [2.05, 4.69) is 10.6 Å². The lowest BCUT2D eigenvalue weighted by Crippen LogP contribution is -2.37. The Hall–Kier alpha value is -2.57. The molecule has 1 unspecified atom stereocenters. The van der Waals surface area contributed by atoms with Gasteiger partial charge in [0.1, 0.15) is 0 Å². The van der Waals surface area contributed by atoms with Crippen LogP contribution in [0.5, 0.6) is 0 Å². The Morgan fingerprint density at radius 3 is 2.65 bits per heavy atom. The van der Waals surface area contributed by atoms with E-state index in [0.29, 0.717) is 36.7 Å². The van der Waals surface area contributed by atoms with Gasteiger partial charge in [0.05, 0.1) is 5.41 Å². The lowest BCUT2D eigenvalue weighted by atomic mass is 9.90. The second kappa shape index (κ2) is 6.97. The molecule has 26 heavy (non-hydrogen) atoms. The number of urea groups is 1. The number of benzene rings is 1. The number of hydrogen-bond acceptors (Lipinski definition) is 3. The van der Waals surface area contributed by atoms with Crippen molar-refractivity contribution < 1.29 is 19.5 Å². The second-order valence-electron chi connectivity index (χ2n) is 7.65. The van der Waals surface area contributed by atoms with E-state index in [1.165, 1.54) is 17.7 Å². The molecule has 1 saturated heterocycles. The number of carboxylic acid groups (broad SMARTS) is 1. The summed E-state index contributed by atoms with van der Waals surface area (Å²) >= 11 is 0. The maximum atomic E-state index is 12.5. The van der Waals surface area contributed by atoms with Crippen molar-refractivity contribution in [3.8, 4) is 0 Å². The SMILES string of the molecule is Cc1ccc(C(=O)NCC2CC2)cc1NC(=O)N1CCC(C)(C(=O)O)C1. The fourth-order valence-electron chi connectivity index (χ4n) is 3.06. The molecule has 0 radical (unpaired) electrons. The zero-order chi connectivity index (χ0) is 18.9. The van der Waals surface area contributed by atoms with Gasteiger partial charge in [-0.2, -0.15) is 0 Å². The Morgan fingerprint density at radius 1 is 1.31 bits per heavy atom. The van der Waals surface area contributed by atoms with Gasteiger partial charge in [0.2, 0.25) is 0 Å². The van der Waals surface area contributed by atoms with Crippen LogP contribution in [0, 0.1) is 18.3 Å². The third kappa shape index (κ3) is 3.98. The number of rotatable bonds is 5. The van der Waals surface area contributed by atoms with Crippen LogP contribution in [-0.2, 0) is 4.79 Å².